The highest BCUT2D eigenvalue weighted by atomic mass is 16.1. The summed E-state index contributed by atoms with van der Waals surface area (Å²) in [5.74, 6) is 1.14. The number of aryl methyl sites for hydroxylation is 1. The monoisotopic (exact) mass is 233 g/mol. The minimum Gasteiger partial charge on any atom is -0.351 e. The van der Waals surface area contributed by atoms with E-state index < -0.39 is 0 Å². The van der Waals surface area contributed by atoms with Crippen molar-refractivity contribution in [3.05, 3.63) is 23.5 Å². The first kappa shape index (κ1) is 12.4. The molecule has 2 heteroatoms. The molecule has 0 saturated heterocycles. The first-order chi connectivity index (χ1) is 8.18. The van der Waals surface area contributed by atoms with E-state index in [2.05, 4.69) is 24.6 Å². The normalized spacial score (nSPS) is 15.4. The number of Topliss-reactive ketones (excluding diaryl/α,β-unsaturated/α-hetero) is 1. The summed E-state index contributed by atoms with van der Waals surface area (Å²) in [6.07, 6.45) is 8.78. The lowest BCUT2D eigenvalue weighted by atomic mass is 9.97. The number of ketones is 1. The Kier molecular flexibility index (Phi) is 4.03. The first-order valence-electron chi connectivity index (χ1n) is 6.89. The smallest absolute Gasteiger partial charge is 0.164 e. The van der Waals surface area contributed by atoms with E-state index in [4.69, 9.17) is 0 Å². The number of fused-ring (bicyclic) bond motifs is 1. The van der Waals surface area contributed by atoms with Gasteiger partial charge in [0, 0.05) is 30.4 Å². The predicted octanol–water partition coefficient (Wildman–Crippen LogP) is 3.83. The van der Waals surface area contributed by atoms with Gasteiger partial charge in [-0.05, 0) is 31.2 Å². The molecule has 1 heterocycles. The van der Waals surface area contributed by atoms with Gasteiger partial charge >= 0.3 is 0 Å². The van der Waals surface area contributed by atoms with Crippen molar-refractivity contribution in [2.75, 3.05) is 0 Å². The van der Waals surface area contributed by atoms with Crippen molar-refractivity contribution < 1.29 is 4.79 Å². The van der Waals surface area contributed by atoms with Crippen LogP contribution in [0.5, 0.6) is 0 Å². The lowest BCUT2D eigenvalue weighted by Crippen LogP contribution is -2.13. The van der Waals surface area contributed by atoms with Crippen molar-refractivity contribution in [3.63, 3.8) is 0 Å². The third-order valence-electron chi connectivity index (χ3n) is 3.63. The van der Waals surface area contributed by atoms with Crippen molar-refractivity contribution in [2.45, 2.75) is 58.9 Å². The summed E-state index contributed by atoms with van der Waals surface area (Å²) in [5, 5.41) is 0. The standard InChI is InChI=1S/C15H23NO/c1-12(2)6-3-4-10-16-11-9-13-14(16)7-5-8-15(13)17/h9,11-12H,3-8,10H2,1-2H3. The molecule has 1 aromatic heterocycles. The fourth-order valence-corrected chi connectivity index (χ4v) is 2.63. The highest BCUT2D eigenvalue weighted by Crippen LogP contribution is 2.22. The van der Waals surface area contributed by atoms with E-state index in [1.807, 2.05) is 6.07 Å². The minimum absolute atomic E-state index is 0.340. The molecular formula is C15H23NO. The van der Waals surface area contributed by atoms with Gasteiger partial charge in [-0.25, -0.2) is 0 Å². The van der Waals surface area contributed by atoms with Crippen molar-refractivity contribution in [1.82, 2.24) is 4.57 Å². The summed E-state index contributed by atoms with van der Waals surface area (Å²) in [5.41, 5.74) is 2.27. The lowest BCUT2D eigenvalue weighted by Gasteiger charge is -2.15. The SMILES string of the molecule is CC(C)CCCCn1ccc2c1CCCC2=O. The second kappa shape index (κ2) is 5.52. The third kappa shape index (κ3) is 2.99. The van der Waals surface area contributed by atoms with Crippen LogP contribution in [0.4, 0.5) is 0 Å². The van der Waals surface area contributed by atoms with Crippen molar-refractivity contribution in [3.8, 4) is 0 Å². The van der Waals surface area contributed by atoms with E-state index in [1.54, 1.807) is 0 Å². The Morgan fingerprint density at radius 2 is 2.12 bits per heavy atom. The second-order valence-electron chi connectivity index (χ2n) is 5.54. The molecule has 1 aliphatic rings. The summed E-state index contributed by atoms with van der Waals surface area (Å²) < 4.78 is 2.30. The first-order valence-corrected chi connectivity index (χ1v) is 6.89. The zero-order valence-electron chi connectivity index (χ0n) is 11.0. The van der Waals surface area contributed by atoms with Gasteiger partial charge in [-0.3, -0.25) is 4.79 Å². The molecule has 0 N–H and O–H groups in total. The summed E-state index contributed by atoms with van der Waals surface area (Å²) >= 11 is 0. The molecule has 0 saturated carbocycles. The molecule has 2 nitrogen and oxygen atoms in total. The molecule has 2 rings (SSSR count). The highest BCUT2D eigenvalue weighted by molar-refractivity contribution is 5.98. The van der Waals surface area contributed by atoms with Crippen LogP contribution >= 0.6 is 0 Å². The number of carbonyl (C=O) groups excluding carboxylic acids is 1. The van der Waals surface area contributed by atoms with Gasteiger partial charge in [-0.15, -0.1) is 0 Å². The van der Waals surface area contributed by atoms with E-state index in [9.17, 15) is 4.79 Å². The van der Waals surface area contributed by atoms with Gasteiger partial charge in [0.15, 0.2) is 5.78 Å². The van der Waals surface area contributed by atoms with Crippen LogP contribution in [0.15, 0.2) is 12.3 Å². The highest BCUT2D eigenvalue weighted by Gasteiger charge is 2.19. The zero-order chi connectivity index (χ0) is 12.3. The number of nitrogens with zero attached hydrogens (tertiary/aromatic N) is 1. The van der Waals surface area contributed by atoms with Crippen LogP contribution in [-0.2, 0) is 13.0 Å². The van der Waals surface area contributed by atoms with Gasteiger partial charge in [-0.1, -0.05) is 26.7 Å². The summed E-state index contributed by atoms with van der Waals surface area (Å²) in [6, 6.07) is 2.01. The number of carbonyl (C=O) groups is 1. The van der Waals surface area contributed by atoms with Crippen LogP contribution < -0.4 is 0 Å². The maximum atomic E-state index is 11.7. The molecule has 0 aliphatic heterocycles. The Labute approximate surface area is 104 Å². The van der Waals surface area contributed by atoms with E-state index in [1.165, 1.54) is 25.0 Å². The van der Waals surface area contributed by atoms with Crippen LogP contribution in [0.25, 0.3) is 0 Å². The Morgan fingerprint density at radius 3 is 2.88 bits per heavy atom. The third-order valence-corrected chi connectivity index (χ3v) is 3.63. The maximum Gasteiger partial charge on any atom is 0.164 e. The van der Waals surface area contributed by atoms with E-state index in [0.717, 1.165) is 37.3 Å². The Hall–Kier alpha value is -1.05. The number of rotatable bonds is 5. The van der Waals surface area contributed by atoms with Gasteiger partial charge in [0.2, 0.25) is 0 Å². The topological polar surface area (TPSA) is 22.0 Å². The molecule has 0 bridgehead atoms. The molecule has 0 aromatic carbocycles. The molecule has 0 radical (unpaired) electrons. The second-order valence-corrected chi connectivity index (χ2v) is 5.54. The van der Waals surface area contributed by atoms with Crippen LogP contribution in [0.2, 0.25) is 0 Å². The fourth-order valence-electron chi connectivity index (χ4n) is 2.63. The van der Waals surface area contributed by atoms with Crippen LogP contribution in [0.1, 0.15) is 62.0 Å². The number of aromatic nitrogens is 1. The number of unbranched alkanes of at least 4 members (excludes halogenated alkanes) is 1. The van der Waals surface area contributed by atoms with Gasteiger partial charge in [0.1, 0.15) is 0 Å². The molecule has 0 amide bonds. The quantitative estimate of drug-likeness (QED) is 0.708. The van der Waals surface area contributed by atoms with Crippen LogP contribution in [-0.4, -0.2) is 10.4 Å². The average molecular weight is 233 g/mol. The summed E-state index contributed by atoms with van der Waals surface area (Å²) in [6.45, 7) is 5.63. The summed E-state index contributed by atoms with van der Waals surface area (Å²) in [7, 11) is 0. The fraction of sp³-hybridized carbons (Fsp3) is 0.667. The van der Waals surface area contributed by atoms with Crippen LogP contribution in [0.3, 0.4) is 0 Å². The van der Waals surface area contributed by atoms with Gasteiger partial charge < -0.3 is 4.57 Å². The molecule has 94 valence electrons. The average Bonchev–Trinajstić information content (AvgIpc) is 2.69. The Balaban J connectivity index is 1.91. The van der Waals surface area contributed by atoms with E-state index >= 15 is 0 Å². The molecule has 0 atom stereocenters. The van der Waals surface area contributed by atoms with Crippen molar-refractivity contribution >= 4 is 5.78 Å². The van der Waals surface area contributed by atoms with Crippen LogP contribution in [0, 0.1) is 5.92 Å². The largest absolute Gasteiger partial charge is 0.351 e. The van der Waals surface area contributed by atoms with Gasteiger partial charge in [-0.2, -0.15) is 0 Å². The number of hydrogen-bond acceptors (Lipinski definition) is 1. The molecular weight excluding hydrogens is 210 g/mol. The van der Waals surface area contributed by atoms with Gasteiger partial charge in [0.25, 0.3) is 0 Å². The molecule has 0 spiro atoms. The molecule has 0 fully saturated rings. The predicted molar refractivity (Wildman–Crippen MR) is 70.4 cm³/mol. The molecule has 1 aromatic rings. The zero-order valence-corrected chi connectivity index (χ0v) is 11.0. The number of hydrogen-bond donors (Lipinski definition) is 0. The van der Waals surface area contributed by atoms with E-state index in [-0.39, 0.29) is 0 Å². The summed E-state index contributed by atoms with van der Waals surface area (Å²) in [4.78, 5) is 11.7. The lowest BCUT2D eigenvalue weighted by molar-refractivity contribution is 0.0971. The Morgan fingerprint density at radius 1 is 1.29 bits per heavy atom. The Bertz CT molecular complexity index is 390. The van der Waals surface area contributed by atoms with Crippen molar-refractivity contribution in [2.24, 2.45) is 5.92 Å². The van der Waals surface area contributed by atoms with Gasteiger partial charge in [0.05, 0.1) is 0 Å². The molecule has 0 unspecified atom stereocenters. The molecule has 17 heavy (non-hydrogen) atoms. The molecule has 1 aliphatic carbocycles. The maximum absolute atomic E-state index is 11.7. The van der Waals surface area contributed by atoms with Crippen molar-refractivity contribution in [1.29, 1.82) is 0 Å². The minimum atomic E-state index is 0.340. The van der Waals surface area contributed by atoms with E-state index in [0.29, 0.717) is 5.78 Å².